The van der Waals surface area contributed by atoms with Gasteiger partial charge in [-0.25, -0.2) is 0 Å². The molecule has 0 aliphatic rings. The fourth-order valence-electron chi connectivity index (χ4n) is 2.44. The van der Waals surface area contributed by atoms with Gasteiger partial charge in [0, 0.05) is 34.7 Å². The zero-order valence-corrected chi connectivity index (χ0v) is 14.7. The Kier molecular flexibility index (Phi) is 4.86. The Morgan fingerprint density at radius 3 is 2.64 bits per heavy atom. The number of allylic oxidation sites excluding steroid dienone is 1. The number of nitrogens with one attached hydrogen (secondary N) is 1. The van der Waals surface area contributed by atoms with Crippen LogP contribution in [0.1, 0.15) is 28.5 Å². The quantitative estimate of drug-likeness (QED) is 0.847. The van der Waals surface area contributed by atoms with E-state index in [1.165, 1.54) is 13.0 Å². The number of amides is 1. The normalized spacial score (nSPS) is 11.3. The summed E-state index contributed by atoms with van der Waals surface area (Å²) in [7, 11) is 1.95. The number of ketones is 1. The summed E-state index contributed by atoms with van der Waals surface area (Å²) < 4.78 is 3.04. The maximum atomic E-state index is 12.5. The summed E-state index contributed by atoms with van der Waals surface area (Å²) in [5, 5.41) is 3.77. The molecule has 5 heteroatoms. The Morgan fingerprint density at radius 2 is 2.00 bits per heavy atom. The van der Waals surface area contributed by atoms with Gasteiger partial charge in [-0.15, -0.1) is 0 Å². The Bertz CT molecular complexity index is 788. The molecule has 0 fully saturated rings. The molecule has 1 heterocycles. The molecular weight excluding hydrogens is 344 g/mol. The van der Waals surface area contributed by atoms with Crippen LogP contribution >= 0.6 is 15.9 Å². The molecule has 1 amide bonds. The van der Waals surface area contributed by atoms with Gasteiger partial charge in [0.05, 0.1) is 5.56 Å². The van der Waals surface area contributed by atoms with E-state index in [4.69, 9.17) is 0 Å². The molecule has 0 saturated heterocycles. The summed E-state index contributed by atoms with van der Waals surface area (Å²) >= 11 is 3.53. The van der Waals surface area contributed by atoms with Crippen molar-refractivity contribution in [3.63, 3.8) is 0 Å². The zero-order valence-electron chi connectivity index (χ0n) is 13.2. The number of aryl methyl sites for hydroxylation is 2. The monoisotopic (exact) mass is 362 g/mol. The van der Waals surface area contributed by atoms with Crippen molar-refractivity contribution < 1.29 is 9.59 Å². The van der Waals surface area contributed by atoms with Crippen LogP contribution in [0.3, 0.4) is 0 Å². The number of rotatable bonds is 4. The third kappa shape index (κ3) is 3.14. The van der Waals surface area contributed by atoms with Crippen molar-refractivity contribution in [2.24, 2.45) is 7.05 Å². The van der Waals surface area contributed by atoms with Gasteiger partial charge in [0.15, 0.2) is 5.78 Å². The third-order valence-electron chi connectivity index (χ3n) is 3.73. The van der Waals surface area contributed by atoms with Crippen LogP contribution in [0, 0.1) is 13.8 Å². The summed E-state index contributed by atoms with van der Waals surface area (Å²) in [5.41, 5.74) is 3.70. The van der Waals surface area contributed by atoms with Gasteiger partial charge in [-0.2, -0.15) is 0 Å². The highest BCUT2D eigenvalue weighted by atomic mass is 79.9. The standard InChI is InChI=1S/C17H19BrN2O2/c1-10-8-13-15(9-14(10)18)20(4)12(3)16(13)17(22)19-7-5-6-11(2)21/h5-6,8-9H,7H2,1-4H3,(H,19,22)/b6-5+. The van der Waals surface area contributed by atoms with Crippen molar-refractivity contribution >= 4 is 38.5 Å². The number of hydrogen-bond acceptors (Lipinski definition) is 2. The lowest BCUT2D eigenvalue weighted by Gasteiger charge is -2.04. The van der Waals surface area contributed by atoms with Gasteiger partial charge in [-0.05, 0) is 44.5 Å². The number of halogens is 1. The fourth-order valence-corrected chi connectivity index (χ4v) is 2.77. The van der Waals surface area contributed by atoms with Crippen molar-refractivity contribution in [3.8, 4) is 0 Å². The average Bonchev–Trinajstić information content (AvgIpc) is 2.68. The molecule has 2 rings (SSSR count). The molecule has 0 unspecified atom stereocenters. The molecule has 1 N–H and O–H groups in total. The van der Waals surface area contributed by atoms with Gasteiger partial charge < -0.3 is 9.88 Å². The molecule has 0 bridgehead atoms. The Labute approximate surface area is 138 Å². The highest BCUT2D eigenvalue weighted by Crippen LogP contribution is 2.30. The van der Waals surface area contributed by atoms with Crippen LogP contribution in [-0.4, -0.2) is 22.8 Å². The minimum Gasteiger partial charge on any atom is -0.348 e. The maximum Gasteiger partial charge on any atom is 0.253 e. The first-order valence-electron chi connectivity index (χ1n) is 7.03. The van der Waals surface area contributed by atoms with Crippen LogP contribution in [0.15, 0.2) is 28.8 Å². The van der Waals surface area contributed by atoms with E-state index in [2.05, 4.69) is 21.2 Å². The topological polar surface area (TPSA) is 51.1 Å². The van der Waals surface area contributed by atoms with E-state index in [1.807, 2.05) is 37.6 Å². The summed E-state index contributed by atoms with van der Waals surface area (Å²) in [6.07, 6.45) is 3.11. The van der Waals surface area contributed by atoms with Crippen LogP contribution < -0.4 is 5.32 Å². The minimum absolute atomic E-state index is 0.0314. The van der Waals surface area contributed by atoms with Gasteiger partial charge >= 0.3 is 0 Å². The SMILES string of the molecule is CC(=O)/C=C/CNC(=O)c1c(C)n(C)c2cc(Br)c(C)cc12. The summed E-state index contributed by atoms with van der Waals surface area (Å²) in [6.45, 7) is 5.75. The fraction of sp³-hybridized carbons (Fsp3) is 0.294. The third-order valence-corrected chi connectivity index (χ3v) is 4.59. The number of aromatic nitrogens is 1. The first-order valence-corrected chi connectivity index (χ1v) is 7.82. The van der Waals surface area contributed by atoms with Crippen molar-refractivity contribution in [3.05, 3.63) is 45.6 Å². The van der Waals surface area contributed by atoms with Crippen LogP contribution in [0.5, 0.6) is 0 Å². The predicted octanol–water partition coefficient (Wildman–Crippen LogP) is 3.43. The number of fused-ring (bicyclic) bond motifs is 1. The number of carbonyl (C=O) groups excluding carboxylic acids is 2. The highest BCUT2D eigenvalue weighted by Gasteiger charge is 2.18. The van der Waals surface area contributed by atoms with E-state index < -0.39 is 0 Å². The first kappa shape index (κ1) is 16.5. The van der Waals surface area contributed by atoms with Gasteiger partial charge in [0.2, 0.25) is 0 Å². The summed E-state index contributed by atoms with van der Waals surface area (Å²) in [6, 6.07) is 4.05. The Hall–Kier alpha value is -1.88. The molecule has 0 spiro atoms. The number of carbonyl (C=O) groups is 2. The molecule has 22 heavy (non-hydrogen) atoms. The lowest BCUT2D eigenvalue weighted by molar-refractivity contribution is -0.112. The lowest BCUT2D eigenvalue weighted by atomic mass is 10.1. The molecule has 0 aliphatic heterocycles. The highest BCUT2D eigenvalue weighted by molar-refractivity contribution is 9.10. The van der Waals surface area contributed by atoms with Crippen molar-refractivity contribution in [2.75, 3.05) is 6.54 Å². The molecular formula is C17H19BrN2O2. The number of nitrogens with zero attached hydrogens (tertiary/aromatic N) is 1. The van der Waals surface area contributed by atoms with E-state index in [1.54, 1.807) is 6.08 Å². The van der Waals surface area contributed by atoms with Crippen LogP contribution in [0.25, 0.3) is 10.9 Å². The maximum absolute atomic E-state index is 12.5. The van der Waals surface area contributed by atoms with E-state index in [0.29, 0.717) is 12.1 Å². The molecule has 0 aliphatic carbocycles. The van der Waals surface area contributed by atoms with Crippen molar-refractivity contribution in [1.82, 2.24) is 9.88 Å². The van der Waals surface area contributed by atoms with Crippen LogP contribution in [0.4, 0.5) is 0 Å². The molecule has 4 nitrogen and oxygen atoms in total. The van der Waals surface area contributed by atoms with Crippen molar-refractivity contribution in [1.29, 1.82) is 0 Å². The Balaban J connectivity index is 2.38. The summed E-state index contributed by atoms with van der Waals surface area (Å²) in [4.78, 5) is 23.3. The number of hydrogen-bond donors (Lipinski definition) is 1. The Morgan fingerprint density at radius 1 is 1.32 bits per heavy atom. The van der Waals surface area contributed by atoms with E-state index >= 15 is 0 Å². The lowest BCUT2D eigenvalue weighted by Crippen LogP contribution is -2.24. The molecule has 0 radical (unpaired) electrons. The molecule has 1 aromatic carbocycles. The summed E-state index contributed by atoms with van der Waals surface area (Å²) in [5.74, 6) is -0.158. The second-order valence-electron chi connectivity index (χ2n) is 5.36. The molecule has 116 valence electrons. The van der Waals surface area contributed by atoms with Gasteiger partial charge in [-0.1, -0.05) is 22.0 Å². The zero-order chi connectivity index (χ0) is 16.4. The predicted molar refractivity (Wildman–Crippen MR) is 92.2 cm³/mol. The van der Waals surface area contributed by atoms with Crippen molar-refractivity contribution in [2.45, 2.75) is 20.8 Å². The van der Waals surface area contributed by atoms with Crippen LogP contribution in [0.2, 0.25) is 0 Å². The second kappa shape index (κ2) is 6.48. The smallest absolute Gasteiger partial charge is 0.253 e. The van der Waals surface area contributed by atoms with Gasteiger partial charge in [0.25, 0.3) is 5.91 Å². The number of benzene rings is 1. The molecule has 0 atom stereocenters. The van der Waals surface area contributed by atoms with E-state index in [-0.39, 0.29) is 11.7 Å². The molecule has 2 aromatic rings. The van der Waals surface area contributed by atoms with Gasteiger partial charge in [-0.3, -0.25) is 9.59 Å². The van der Waals surface area contributed by atoms with E-state index in [9.17, 15) is 9.59 Å². The average molecular weight is 363 g/mol. The van der Waals surface area contributed by atoms with Crippen LogP contribution in [-0.2, 0) is 11.8 Å². The minimum atomic E-state index is -0.127. The first-order chi connectivity index (χ1) is 10.3. The molecule has 1 aromatic heterocycles. The van der Waals surface area contributed by atoms with E-state index in [0.717, 1.165) is 26.6 Å². The largest absolute Gasteiger partial charge is 0.348 e. The van der Waals surface area contributed by atoms with Gasteiger partial charge in [0.1, 0.15) is 0 Å². The molecule has 0 saturated carbocycles. The second-order valence-corrected chi connectivity index (χ2v) is 6.22.